The Morgan fingerprint density at radius 1 is 0.345 bits per heavy atom. The third-order valence-corrected chi connectivity index (χ3v) is 45.1. The molecule has 1 N–H and O–H groups in total. The molecular weight excluding hydrogens is 1360 g/mol. The van der Waals surface area contributed by atoms with Gasteiger partial charge in [0.05, 0.1) is 6.17 Å². The molecule has 29 saturated carbocycles. The van der Waals surface area contributed by atoms with E-state index >= 15 is 0 Å². The minimum atomic E-state index is -0.383. The third kappa shape index (κ3) is 14.5. The molecule has 0 aromatic rings. The van der Waals surface area contributed by atoms with Gasteiger partial charge in [0.15, 0.2) is 0 Å². The quantitative estimate of drug-likeness (QED) is 0.260. The molecule has 2 aliphatic heterocycles. The minimum absolute atomic E-state index is 0.0414. The van der Waals surface area contributed by atoms with Gasteiger partial charge in [-0.2, -0.15) is 0 Å². The molecule has 0 aromatic heterocycles. The molecule has 0 amide bonds. The van der Waals surface area contributed by atoms with Crippen LogP contribution in [-0.4, -0.2) is 30.2 Å². The van der Waals surface area contributed by atoms with E-state index in [-0.39, 0.29) is 29.6 Å². The molecule has 31 rings (SSSR count). The lowest BCUT2D eigenvalue weighted by molar-refractivity contribution is -0.609. The van der Waals surface area contributed by atoms with E-state index in [0.29, 0.717) is 11.6 Å². The van der Waals surface area contributed by atoms with Gasteiger partial charge in [-0.05, 0) is 458 Å². The van der Waals surface area contributed by atoms with Crippen molar-refractivity contribution >= 4 is 0 Å². The Bertz CT molecular complexity index is 3290. The summed E-state index contributed by atoms with van der Waals surface area (Å²) in [6.07, 6.45) is 71.4. The maximum absolute atomic E-state index is 8.83. The van der Waals surface area contributed by atoms with Crippen LogP contribution < -0.4 is 5.32 Å². The molecule has 2 saturated heterocycles. The van der Waals surface area contributed by atoms with Gasteiger partial charge in [-0.25, -0.2) is 0 Å². The van der Waals surface area contributed by atoms with Crippen molar-refractivity contribution in [1.82, 2.24) is 10.2 Å². The fourth-order valence-electron chi connectivity index (χ4n) is 39.9. The van der Waals surface area contributed by atoms with Crippen molar-refractivity contribution in [2.75, 3.05) is 13.1 Å². The summed E-state index contributed by atoms with van der Waals surface area (Å²) in [6, 6.07) is -0.383. The molecule has 29 aliphatic carbocycles. The molecule has 0 radical (unpaired) electrons. The second-order valence-corrected chi connectivity index (χ2v) is 50.2. The van der Waals surface area contributed by atoms with Crippen LogP contribution in [0.4, 0.5) is 0 Å². The second-order valence-electron chi connectivity index (χ2n) is 50.2. The number of nitrogens with zero attached hydrogens (tertiary/aromatic N) is 1. The van der Waals surface area contributed by atoms with Gasteiger partial charge in [0.25, 0.3) is 0 Å². The van der Waals surface area contributed by atoms with Gasteiger partial charge in [-0.15, -0.1) is 0 Å². The van der Waals surface area contributed by atoms with Gasteiger partial charge in [0.1, 0.15) is 0 Å². The summed E-state index contributed by atoms with van der Waals surface area (Å²) in [4.78, 5) is 2.52. The summed E-state index contributed by atoms with van der Waals surface area (Å²) in [5.41, 5.74) is 2.26. The standard InChI is InChI=1S/C15H22.2C15H26.C14H24.C13H22.C12H18.C10H20N2.C9H10.C6H14.2CH4/c1-7-9-5-11-10-2-8-3-13(11)15(7)14(4-8)12(10)6-9;1-11-6-7-14-9-12-4-2-3-5-13(12)10-15(14)8-11;1-11-6-7-13-9-8-12-4-2-3-5-14(12)15(13)10-11;1-10-5-4-8-13-12-7-3-2-6-11(12)9-14(10)13;1-9-5-6-11-8-7-10-3-2-4-12(9)13(10)11;1-7-4-10-5-8-2-3-9-6-11(7)12(8,9)10;1-9-6-8-12-7-4-2-3-5-10(12)11-9;1-9-6-3-2-4(6)8(9)5(2)7(3)9;1-5-6(2,3)4;;/h7-15H,2-6H2,1H3;2*11-15H,2-10H2,1H3;10-14H,2-9H2,1H3;9-13H,2-8H2,1H3;7-11H,2-6H2,1H3;9-11H,2-8H2,1H3;2-8H,1H3;5H2,1-4H3;2*1H4/t7-,8?,9?,10?,11?,12?,13?,14?,15?;2*11-,12?,13?,14?,15?;10-,11?,12?,13?,14?;9-,10?,11?,12?,13?;7-,8?,9?,10?,11?,12?;9-,10?;;;;/m0111101..../s1/i7D;2*11D;;;7D;9D;;;2*1D. The molecule has 26 unspecified atom stereocenters. The Kier molecular flexibility index (Phi) is 22.5. The van der Waals surface area contributed by atoms with E-state index in [1.807, 2.05) is 6.92 Å². The molecule has 1 spiro atoms. The Hall–Kier alpha value is -0.0800. The molecule has 31 fully saturated rings. The van der Waals surface area contributed by atoms with Crippen molar-refractivity contribution in [3.8, 4) is 0 Å². The Morgan fingerprint density at radius 2 is 0.841 bits per heavy atom. The Balaban J connectivity index is 0.0000000929. The van der Waals surface area contributed by atoms with Crippen LogP contribution >= 0.6 is 0 Å². The predicted octanol–water partition coefficient (Wildman–Crippen LogP) is 30.7. The largest absolute Gasteiger partial charge is 0.299 e. The lowest BCUT2D eigenvalue weighted by Gasteiger charge is -3.07. The molecule has 0 aromatic carbocycles. The highest BCUT2D eigenvalue weighted by Gasteiger charge is 3.02. The molecule has 31 aliphatic rings. The van der Waals surface area contributed by atoms with Crippen molar-refractivity contribution in [1.29, 1.82) is 0 Å². The average Bonchev–Trinajstić information content (AvgIpc) is 0.594. The van der Waals surface area contributed by atoms with Crippen LogP contribution in [0.2, 0.25) is 0 Å². The van der Waals surface area contributed by atoms with Crippen molar-refractivity contribution < 1.29 is 9.60 Å². The highest BCUT2D eigenvalue weighted by Crippen LogP contribution is 3.05. The highest BCUT2D eigenvalue weighted by atomic mass is 15.3. The SMILES string of the molecule is CC12C3C4C5C3C1C5C42.CCC(C)(C)C.C[C@@H]1CCC2CCC3CCCC1C32.C[C@@H]1CCCC2C3CCCCC3CC21.[2H]C.[2H]C.[2H][C@@]1(C)CCC2CC3CCCCC3CC2C1.[2H][C@@]1(C)CCC2CCC3CCCCC3C2C1.[2H][C@@]1(C)CCN2CCCCCC2N1.[2H][C@]1(C)C2CC3C4CC5CC3C1C(C5)C4C2.[2H][C@]1(C)CC2CC3CCC4CC1C342. The van der Waals surface area contributed by atoms with Crippen LogP contribution in [0.1, 0.15) is 422 Å². The first-order chi connectivity index (χ1) is 57.4. The normalized spacial score (nSPS) is 60.7. The number of rotatable bonds is 0. The fraction of sp³-hybridized carbons (Fsp3) is 1.00. The molecule has 33 atom stereocenters. The first-order valence-corrected chi connectivity index (χ1v) is 52.4. The van der Waals surface area contributed by atoms with Crippen LogP contribution in [-0.2, 0) is 0 Å². The summed E-state index contributed by atoms with van der Waals surface area (Å²) in [6.45, 7) is 29.7. The first kappa shape index (κ1) is 75.4. The first-order valence-electron chi connectivity index (χ1n) is 56.9. The molecular formula is C111H190N2. The van der Waals surface area contributed by atoms with Gasteiger partial charge in [-0.3, -0.25) is 10.2 Å². The van der Waals surface area contributed by atoms with Gasteiger partial charge < -0.3 is 0 Å². The maximum Gasteiger partial charge on any atom is 0.0599 e. The monoisotopic (exact) mass is 1560 g/mol. The topological polar surface area (TPSA) is 15.3 Å². The smallest absolute Gasteiger partial charge is 0.0599 e. The van der Waals surface area contributed by atoms with Crippen molar-refractivity contribution in [2.24, 2.45) is 259 Å². The third-order valence-electron chi connectivity index (χ3n) is 45.1. The zero-order chi connectivity index (χ0) is 84.3. The highest BCUT2D eigenvalue weighted by molar-refractivity contribution is 5.49. The molecule has 2 nitrogen and oxygen atoms in total. The van der Waals surface area contributed by atoms with Crippen LogP contribution in [0.5, 0.6) is 0 Å². The second kappa shape index (κ2) is 33.8. The zero-order valence-corrected chi connectivity index (χ0v) is 76.9. The van der Waals surface area contributed by atoms with Crippen LogP contribution in [0.3, 0.4) is 0 Å². The van der Waals surface area contributed by atoms with E-state index in [0.717, 1.165) is 208 Å². The van der Waals surface area contributed by atoms with Crippen LogP contribution in [0, 0.1) is 259 Å². The Morgan fingerprint density at radius 3 is 1.50 bits per heavy atom. The number of fused-ring (bicyclic) bond motifs is 9. The molecule has 113 heavy (non-hydrogen) atoms. The molecule has 2 heteroatoms. The van der Waals surface area contributed by atoms with Crippen LogP contribution in [0.25, 0.3) is 0 Å². The van der Waals surface area contributed by atoms with E-state index in [4.69, 9.17) is 9.60 Å². The predicted molar refractivity (Wildman–Crippen MR) is 480 cm³/mol. The van der Waals surface area contributed by atoms with E-state index in [1.54, 1.807) is 83.5 Å². The number of nitrogens with one attached hydrogen (secondary N) is 1. The maximum atomic E-state index is 8.83. The minimum Gasteiger partial charge on any atom is -0.299 e. The van der Waals surface area contributed by atoms with Crippen molar-refractivity contribution in [3.05, 3.63) is 0 Å². The summed E-state index contributed by atoms with van der Waals surface area (Å²) in [5, 5.41) is 3.43. The van der Waals surface area contributed by atoms with Crippen molar-refractivity contribution in [3.63, 3.8) is 0 Å². The number of hydrogen-bond acceptors (Lipinski definition) is 2. The molecule has 2 heterocycles. The van der Waals surface area contributed by atoms with E-state index in [9.17, 15) is 0 Å². The van der Waals surface area contributed by atoms with Crippen molar-refractivity contribution in [2.45, 2.75) is 425 Å². The zero-order valence-electron chi connectivity index (χ0n) is 83.9. The van der Waals surface area contributed by atoms with Gasteiger partial charge >= 0.3 is 0 Å². The molecule has 8 bridgehead atoms. The summed E-state index contributed by atoms with van der Waals surface area (Å²) in [7, 11) is 2.50. The fourth-order valence-corrected chi connectivity index (χ4v) is 39.9. The number of hydrogen-bond donors (Lipinski definition) is 1. The Labute approximate surface area is 712 Å². The van der Waals surface area contributed by atoms with E-state index in [2.05, 4.69) is 86.4 Å². The van der Waals surface area contributed by atoms with Gasteiger partial charge in [-0.1, -0.05) is 219 Å². The lowest BCUT2D eigenvalue weighted by Crippen LogP contribution is -3.04. The van der Waals surface area contributed by atoms with E-state index < -0.39 is 0 Å². The van der Waals surface area contributed by atoms with E-state index in [1.165, 1.54) is 281 Å². The lowest BCUT2D eigenvalue weighted by atomic mass is 8.97. The molecule has 644 valence electrons. The summed E-state index contributed by atoms with van der Waals surface area (Å²) >= 11 is 0. The summed E-state index contributed by atoms with van der Waals surface area (Å²) in [5.74, 6) is 39.9. The van der Waals surface area contributed by atoms with Gasteiger partial charge in [0.2, 0.25) is 0 Å². The average molecular weight is 1560 g/mol. The van der Waals surface area contributed by atoms with Crippen LogP contribution in [0.15, 0.2) is 0 Å². The summed E-state index contributed by atoms with van der Waals surface area (Å²) < 4.78 is 53.3. The van der Waals surface area contributed by atoms with Gasteiger partial charge in [0, 0.05) is 22.2 Å².